The molecule has 0 radical (unpaired) electrons. The molecule has 0 unspecified atom stereocenters. The number of amidine groups is 1. The molecule has 86 valence electrons. The molecule has 0 saturated heterocycles. The first-order valence-electron chi connectivity index (χ1n) is 5.57. The van der Waals surface area contributed by atoms with E-state index in [1.165, 1.54) is 18.9 Å². The summed E-state index contributed by atoms with van der Waals surface area (Å²) in [6, 6.07) is 5.02. The van der Waals surface area contributed by atoms with Crippen LogP contribution in [0.1, 0.15) is 31.2 Å². The fourth-order valence-electron chi connectivity index (χ4n) is 2.09. The Morgan fingerprint density at radius 1 is 1.38 bits per heavy atom. The van der Waals surface area contributed by atoms with Crippen molar-refractivity contribution in [3.63, 3.8) is 0 Å². The minimum absolute atomic E-state index is 0.105. The molecule has 0 spiro atoms. The molecular formula is C12H16FN3. The second-order valence-corrected chi connectivity index (χ2v) is 4.23. The lowest BCUT2D eigenvalue weighted by Crippen LogP contribution is -2.16. The summed E-state index contributed by atoms with van der Waals surface area (Å²) in [6.07, 6.45) is 4.64. The predicted molar refractivity (Wildman–Crippen MR) is 63.3 cm³/mol. The molecule has 1 aliphatic rings. The van der Waals surface area contributed by atoms with Crippen LogP contribution in [0.2, 0.25) is 0 Å². The Balaban J connectivity index is 2.12. The molecule has 0 heterocycles. The lowest BCUT2D eigenvalue weighted by atomic mass is 10.1. The van der Waals surface area contributed by atoms with Crippen molar-refractivity contribution in [1.29, 1.82) is 5.41 Å². The van der Waals surface area contributed by atoms with Crippen LogP contribution in [0, 0.1) is 11.2 Å². The highest BCUT2D eigenvalue weighted by molar-refractivity contribution is 5.95. The van der Waals surface area contributed by atoms with Crippen LogP contribution in [0.25, 0.3) is 0 Å². The molecular weight excluding hydrogens is 205 g/mol. The molecule has 0 amide bonds. The highest BCUT2D eigenvalue weighted by Gasteiger charge is 2.16. The van der Waals surface area contributed by atoms with E-state index in [4.69, 9.17) is 11.1 Å². The first kappa shape index (κ1) is 10.9. The van der Waals surface area contributed by atoms with Gasteiger partial charge < -0.3 is 11.1 Å². The van der Waals surface area contributed by atoms with Gasteiger partial charge in [0, 0.05) is 11.6 Å². The molecule has 1 saturated carbocycles. The Labute approximate surface area is 94.4 Å². The molecule has 0 atom stereocenters. The molecule has 1 aromatic rings. The number of benzene rings is 1. The lowest BCUT2D eigenvalue weighted by Gasteiger charge is -2.14. The van der Waals surface area contributed by atoms with Crippen molar-refractivity contribution in [2.45, 2.75) is 31.7 Å². The predicted octanol–water partition coefficient (Wildman–Crippen LogP) is 2.46. The van der Waals surface area contributed by atoms with E-state index in [0.717, 1.165) is 12.8 Å². The maximum atomic E-state index is 13.6. The Kier molecular flexibility index (Phi) is 3.08. The summed E-state index contributed by atoms with van der Waals surface area (Å²) in [4.78, 5) is 0. The molecule has 1 aromatic carbocycles. The van der Waals surface area contributed by atoms with Gasteiger partial charge in [-0.25, -0.2) is 4.39 Å². The zero-order valence-corrected chi connectivity index (χ0v) is 9.09. The third-order valence-electron chi connectivity index (χ3n) is 2.99. The number of nitrogens with one attached hydrogen (secondary N) is 2. The average molecular weight is 221 g/mol. The smallest absolute Gasteiger partial charge is 0.147 e. The van der Waals surface area contributed by atoms with E-state index in [1.54, 1.807) is 12.1 Å². The van der Waals surface area contributed by atoms with E-state index in [2.05, 4.69) is 5.32 Å². The zero-order chi connectivity index (χ0) is 11.5. The summed E-state index contributed by atoms with van der Waals surface area (Å²) < 4.78 is 13.6. The normalized spacial score (nSPS) is 16.3. The Hall–Kier alpha value is -1.58. The molecule has 0 bridgehead atoms. The van der Waals surface area contributed by atoms with Crippen LogP contribution >= 0.6 is 0 Å². The van der Waals surface area contributed by atoms with Crippen LogP contribution in [-0.4, -0.2) is 11.9 Å². The van der Waals surface area contributed by atoms with Crippen LogP contribution in [-0.2, 0) is 0 Å². The number of nitrogen functional groups attached to an aromatic ring is 1. The molecule has 3 nitrogen and oxygen atoms in total. The Morgan fingerprint density at radius 3 is 2.62 bits per heavy atom. The van der Waals surface area contributed by atoms with Crippen LogP contribution in [0.15, 0.2) is 18.2 Å². The quantitative estimate of drug-likeness (QED) is 0.542. The number of halogens is 1. The highest BCUT2D eigenvalue weighted by atomic mass is 19.1. The minimum atomic E-state index is -0.334. The number of hydrogen-bond acceptors (Lipinski definition) is 2. The molecule has 0 aliphatic heterocycles. The SMILES string of the molecule is N=C(N)c1ccc(NC2CCCC2)c(F)c1. The molecule has 1 aliphatic carbocycles. The molecule has 16 heavy (non-hydrogen) atoms. The second kappa shape index (κ2) is 4.51. The van der Waals surface area contributed by atoms with Crippen molar-refractivity contribution >= 4 is 11.5 Å². The van der Waals surface area contributed by atoms with Crippen molar-refractivity contribution < 1.29 is 4.39 Å². The monoisotopic (exact) mass is 221 g/mol. The van der Waals surface area contributed by atoms with Gasteiger partial charge in [0.2, 0.25) is 0 Å². The fraction of sp³-hybridized carbons (Fsp3) is 0.417. The second-order valence-electron chi connectivity index (χ2n) is 4.23. The van der Waals surface area contributed by atoms with Crippen molar-refractivity contribution in [3.05, 3.63) is 29.6 Å². The van der Waals surface area contributed by atoms with Crippen molar-refractivity contribution in [2.24, 2.45) is 5.73 Å². The van der Waals surface area contributed by atoms with Gasteiger partial charge in [-0.1, -0.05) is 12.8 Å². The zero-order valence-electron chi connectivity index (χ0n) is 9.09. The first-order chi connectivity index (χ1) is 7.66. The van der Waals surface area contributed by atoms with Gasteiger partial charge in [-0.05, 0) is 31.0 Å². The Morgan fingerprint density at radius 2 is 2.06 bits per heavy atom. The minimum Gasteiger partial charge on any atom is -0.384 e. The summed E-state index contributed by atoms with van der Waals surface area (Å²) >= 11 is 0. The average Bonchev–Trinajstić information content (AvgIpc) is 2.73. The van der Waals surface area contributed by atoms with Gasteiger partial charge in [-0.2, -0.15) is 0 Å². The van der Waals surface area contributed by atoms with Crippen molar-refractivity contribution in [1.82, 2.24) is 0 Å². The number of rotatable bonds is 3. The number of hydrogen-bond donors (Lipinski definition) is 3. The first-order valence-corrected chi connectivity index (χ1v) is 5.57. The molecule has 1 fully saturated rings. The van der Waals surface area contributed by atoms with Crippen LogP contribution < -0.4 is 11.1 Å². The molecule has 2 rings (SSSR count). The van der Waals surface area contributed by atoms with Gasteiger partial charge in [0.05, 0.1) is 5.69 Å². The fourth-order valence-corrected chi connectivity index (χ4v) is 2.09. The largest absolute Gasteiger partial charge is 0.384 e. The third kappa shape index (κ3) is 2.32. The van der Waals surface area contributed by atoms with Crippen LogP contribution in [0.4, 0.5) is 10.1 Å². The summed E-state index contributed by atoms with van der Waals surface area (Å²) in [5.74, 6) is -0.439. The van der Waals surface area contributed by atoms with Gasteiger partial charge >= 0.3 is 0 Å². The number of nitrogens with two attached hydrogens (primary N) is 1. The van der Waals surface area contributed by atoms with Crippen molar-refractivity contribution in [3.8, 4) is 0 Å². The standard InChI is InChI=1S/C12H16FN3/c13-10-7-8(12(14)15)5-6-11(10)16-9-3-1-2-4-9/h5-7,9,16H,1-4H2,(H3,14,15). The van der Waals surface area contributed by atoms with Crippen molar-refractivity contribution in [2.75, 3.05) is 5.32 Å². The molecule has 0 aromatic heterocycles. The maximum absolute atomic E-state index is 13.6. The van der Waals surface area contributed by atoms with E-state index in [9.17, 15) is 4.39 Å². The maximum Gasteiger partial charge on any atom is 0.147 e. The van der Waals surface area contributed by atoms with Gasteiger partial charge in [0.15, 0.2) is 0 Å². The Bertz CT molecular complexity index is 397. The molecule has 4 heteroatoms. The van der Waals surface area contributed by atoms with E-state index in [1.807, 2.05) is 0 Å². The van der Waals surface area contributed by atoms with Gasteiger partial charge in [0.1, 0.15) is 11.7 Å². The lowest BCUT2D eigenvalue weighted by molar-refractivity contribution is 0.624. The van der Waals surface area contributed by atoms with Crippen LogP contribution in [0.3, 0.4) is 0 Å². The number of anilines is 1. The van der Waals surface area contributed by atoms with Crippen LogP contribution in [0.5, 0.6) is 0 Å². The summed E-state index contributed by atoms with van der Waals surface area (Å²) in [6.45, 7) is 0. The van der Waals surface area contributed by atoms with Gasteiger partial charge in [-0.3, -0.25) is 5.41 Å². The van der Waals surface area contributed by atoms with E-state index in [-0.39, 0.29) is 11.7 Å². The van der Waals surface area contributed by atoms with E-state index >= 15 is 0 Å². The van der Waals surface area contributed by atoms with E-state index < -0.39 is 0 Å². The summed E-state index contributed by atoms with van der Waals surface area (Å²) in [5.41, 5.74) is 6.23. The van der Waals surface area contributed by atoms with Gasteiger partial charge in [-0.15, -0.1) is 0 Å². The summed E-state index contributed by atoms with van der Waals surface area (Å²) in [7, 11) is 0. The third-order valence-corrected chi connectivity index (χ3v) is 2.99. The topological polar surface area (TPSA) is 61.9 Å². The summed E-state index contributed by atoms with van der Waals surface area (Å²) in [5, 5.41) is 10.4. The highest BCUT2D eigenvalue weighted by Crippen LogP contribution is 2.24. The molecule has 4 N–H and O–H groups in total. The van der Waals surface area contributed by atoms with E-state index in [0.29, 0.717) is 17.3 Å². The van der Waals surface area contributed by atoms with Gasteiger partial charge in [0.25, 0.3) is 0 Å².